The summed E-state index contributed by atoms with van der Waals surface area (Å²) in [6, 6.07) is -0.0596. The Morgan fingerprint density at radius 2 is 2.40 bits per heavy atom. The van der Waals surface area contributed by atoms with Gasteiger partial charge in [-0.2, -0.15) is 0 Å². The van der Waals surface area contributed by atoms with E-state index < -0.39 is 0 Å². The van der Waals surface area contributed by atoms with Gasteiger partial charge in [0.2, 0.25) is 3.79 Å². The van der Waals surface area contributed by atoms with E-state index in [1.165, 1.54) is 0 Å². The van der Waals surface area contributed by atoms with E-state index in [0.717, 1.165) is 0 Å². The predicted molar refractivity (Wildman–Crippen MR) is 46.1 cm³/mol. The van der Waals surface area contributed by atoms with Gasteiger partial charge in [0.05, 0.1) is 12.1 Å². The van der Waals surface area contributed by atoms with Crippen molar-refractivity contribution in [3.05, 3.63) is 0 Å². The highest BCUT2D eigenvalue weighted by molar-refractivity contribution is 14.1. The zero-order chi connectivity index (χ0) is 7.72. The lowest BCUT2D eigenvalue weighted by atomic mass is 10.2. The lowest BCUT2D eigenvalue weighted by Gasteiger charge is -2.13. The van der Waals surface area contributed by atoms with Crippen LogP contribution in [0.3, 0.4) is 0 Å². The average Bonchev–Trinajstić information content (AvgIpc) is 2.10. The summed E-state index contributed by atoms with van der Waals surface area (Å²) in [5.41, 5.74) is 0. The Bertz CT molecular complexity index is 151. The van der Waals surface area contributed by atoms with Crippen molar-refractivity contribution < 1.29 is 9.90 Å². The van der Waals surface area contributed by atoms with Crippen molar-refractivity contribution in [1.29, 1.82) is 0 Å². The summed E-state index contributed by atoms with van der Waals surface area (Å²) in [7, 11) is 1.86. The Kier molecular flexibility index (Phi) is 2.65. The number of hydrogen-bond acceptors (Lipinski definition) is 3. The second-order valence-electron chi connectivity index (χ2n) is 2.65. The Morgan fingerprint density at radius 3 is 2.60 bits per heavy atom. The highest BCUT2D eigenvalue weighted by Crippen LogP contribution is 2.18. The fourth-order valence-corrected chi connectivity index (χ4v) is 1.97. The van der Waals surface area contributed by atoms with Gasteiger partial charge in [0.15, 0.2) is 0 Å². The molecule has 1 aliphatic rings. The molecule has 0 aliphatic carbocycles. The zero-order valence-corrected chi connectivity index (χ0v) is 7.91. The van der Waals surface area contributed by atoms with Gasteiger partial charge in [-0.05, 0) is 13.5 Å². The van der Waals surface area contributed by atoms with Crippen molar-refractivity contribution >= 4 is 26.4 Å². The molecule has 1 fully saturated rings. The van der Waals surface area contributed by atoms with Crippen molar-refractivity contribution in [1.82, 2.24) is 4.90 Å². The lowest BCUT2D eigenvalue weighted by Crippen LogP contribution is -2.29. The van der Waals surface area contributed by atoms with Crippen LogP contribution in [0.15, 0.2) is 0 Å². The SMILES string of the molecule is CN1C[C@@H](O)C[C@H]1C(=O)I. The molecule has 0 unspecified atom stereocenters. The van der Waals surface area contributed by atoms with Gasteiger partial charge in [-0.15, -0.1) is 0 Å². The summed E-state index contributed by atoms with van der Waals surface area (Å²) < 4.78 is 0.122. The molecular weight excluding hydrogens is 245 g/mol. The first kappa shape index (κ1) is 8.42. The van der Waals surface area contributed by atoms with Gasteiger partial charge in [-0.3, -0.25) is 9.69 Å². The summed E-state index contributed by atoms with van der Waals surface area (Å²) in [6.45, 7) is 0.624. The van der Waals surface area contributed by atoms with Crippen molar-refractivity contribution in [3.63, 3.8) is 0 Å². The maximum Gasteiger partial charge on any atom is 0.209 e. The number of aliphatic hydroxyl groups is 1. The first-order valence-electron chi connectivity index (χ1n) is 3.19. The Morgan fingerprint density at radius 1 is 1.80 bits per heavy atom. The number of rotatable bonds is 1. The molecular formula is C6H10INO2. The topological polar surface area (TPSA) is 40.5 Å². The van der Waals surface area contributed by atoms with E-state index in [9.17, 15) is 4.79 Å². The van der Waals surface area contributed by atoms with Gasteiger partial charge >= 0.3 is 0 Å². The molecule has 0 amide bonds. The summed E-state index contributed by atoms with van der Waals surface area (Å²) in [5.74, 6) is 0. The van der Waals surface area contributed by atoms with Crippen LogP contribution < -0.4 is 0 Å². The minimum Gasteiger partial charge on any atom is -0.392 e. The fraction of sp³-hybridized carbons (Fsp3) is 0.833. The molecule has 1 aliphatic heterocycles. The van der Waals surface area contributed by atoms with Gasteiger partial charge in [-0.25, -0.2) is 0 Å². The number of halogens is 1. The van der Waals surface area contributed by atoms with Crippen LogP contribution in [0.5, 0.6) is 0 Å². The smallest absolute Gasteiger partial charge is 0.209 e. The van der Waals surface area contributed by atoms with Crippen LogP contribution in [-0.4, -0.2) is 39.5 Å². The van der Waals surface area contributed by atoms with Gasteiger partial charge in [0.1, 0.15) is 0 Å². The normalized spacial score (nSPS) is 34.7. The van der Waals surface area contributed by atoms with E-state index in [-0.39, 0.29) is 15.9 Å². The minimum atomic E-state index is -0.311. The molecule has 0 spiro atoms. The molecule has 0 aromatic heterocycles. The molecule has 10 heavy (non-hydrogen) atoms. The molecule has 4 heteroatoms. The molecule has 0 aromatic carbocycles. The molecule has 0 aromatic rings. The summed E-state index contributed by atoms with van der Waals surface area (Å²) >= 11 is 1.78. The van der Waals surface area contributed by atoms with E-state index in [0.29, 0.717) is 13.0 Å². The third-order valence-electron chi connectivity index (χ3n) is 1.79. The van der Waals surface area contributed by atoms with E-state index >= 15 is 0 Å². The van der Waals surface area contributed by atoms with Gasteiger partial charge in [0.25, 0.3) is 0 Å². The third kappa shape index (κ3) is 1.67. The fourth-order valence-electron chi connectivity index (χ4n) is 1.24. The molecule has 1 heterocycles. The predicted octanol–water partition coefficient (Wildman–Crippen LogP) is 0.0130. The number of carbonyl (C=O) groups excluding carboxylic acids is 1. The number of β-amino-alcohol motifs (C(OH)–C–C–N with tert-alkyl or cyclic N) is 1. The molecule has 1 saturated heterocycles. The Hall–Kier alpha value is 0.320. The van der Waals surface area contributed by atoms with Crippen LogP contribution in [0.1, 0.15) is 6.42 Å². The van der Waals surface area contributed by atoms with Gasteiger partial charge in [0, 0.05) is 29.1 Å². The minimum absolute atomic E-state index is 0.0596. The number of carbonyl (C=O) groups is 1. The summed E-state index contributed by atoms with van der Waals surface area (Å²) in [5, 5.41) is 9.12. The van der Waals surface area contributed by atoms with E-state index in [1.54, 1.807) is 22.6 Å². The second kappa shape index (κ2) is 3.15. The van der Waals surface area contributed by atoms with Crippen LogP contribution in [-0.2, 0) is 4.79 Å². The molecule has 58 valence electrons. The van der Waals surface area contributed by atoms with Crippen molar-refractivity contribution in [2.24, 2.45) is 0 Å². The second-order valence-corrected chi connectivity index (χ2v) is 3.71. The quantitative estimate of drug-likeness (QED) is 0.530. The maximum absolute atomic E-state index is 10.8. The molecule has 0 bridgehead atoms. The molecule has 1 rings (SSSR count). The summed E-state index contributed by atoms with van der Waals surface area (Å²) in [6.07, 6.45) is 0.284. The maximum atomic E-state index is 10.8. The highest BCUT2D eigenvalue weighted by atomic mass is 127. The highest BCUT2D eigenvalue weighted by Gasteiger charge is 2.31. The first-order valence-corrected chi connectivity index (χ1v) is 4.27. The van der Waals surface area contributed by atoms with Crippen molar-refractivity contribution in [2.45, 2.75) is 18.6 Å². The third-order valence-corrected chi connectivity index (χ3v) is 2.51. The van der Waals surface area contributed by atoms with Crippen LogP contribution >= 0.6 is 22.6 Å². The number of hydrogen-bond donors (Lipinski definition) is 1. The summed E-state index contributed by atoms with van der Waals surface area (Å²) in [4.78, 5) is 12.7. The standard InChI is InChI=1S/C6H10INO2/c1-8-3-4(9)2-5(8)6(7)10/h4-5,9H,2-3H2,1H3/t4-,5-/m0/s1. The monoisotopic (exact) mass is 255 g/mol. The van der Waals surface area contributed by atoms with Crippen LogP contribution in [0.4, 0.5) is 0 Å². The van der Waals surface area contributed by atoms with E-state index in [1.807, 2.05) is 11.9 Å². The largest absolute Gasteiger partial charge is 0.392 e. The van der Waals surface area contributed by atoms with Crippen molar-refractivity contribution in [2.75, 3.05) is 13.6 Å². The average molecular weight is 255 g/mol. The van der Waals surface area contributed by atoms with Crippen LogP contribution in [0, 0.1) is 0 Å². The van der Waals surface area contributed by atoms with E-state index in [2.05, 4.69) is 0 Å². The molecule has 1 N–H and O–H groups in total. The van der Waals surface area contributed by atoms with Crippen molar-refractivity contribution in [3.8, 4) is 0 Å². The molecule has 0 radical (unpaired) electrons. The number of nitrogens with zero attached hydrogens (tertiary/aromatic N) is 1. The van der Waals surface area contributed by atoms with Gasteiger partial charge in [-0.1, -0.05) is 0 Å². The Balaban J connectivity index is 2.54. The molecule has 2 atom stereocenters. The molecule has 0 saturated carbocycles. The van der Waals surface area contributed by atoms with E-state index in [4.69, 9.17) is 5.11 Å². The van der Waals surface area contributed by atoms with Crippen LogP contribution in [0.25, 0.3) is 0 Å². The van der Waals surface area contributed by atoms with Crippen LogP contribution in [0.2, 0.25) is 0 Å². The van der Waals surface area contributed by atoms with Gasteiger partial charge < -0.3 is 5.11 Å². The lowest BCUT2D eigenvalue weighted by molar-refractivity contribution is -0.112. The number of likely N-dealkylation sites (N-methyl/N-ethyl adjacent to an activating group) is 1. The number of aliphatic hydroxyl groups excluding tert-OH is 1. The number of likely N-dealkylation sites (tertiary alicyclic amines) is 1. The zero-order valence-electron chi connectivity index (χ0n) is 5.75. The Labute approximate surface area is 73.5 Å². The molecule has 3 nitrogen and oxygen atoms in total. The first-order chi connectivity index (χ1) is 4.61.